The monoisotopic (exact) mass is 1250 g/mol. The summed E-state index contributed by atoms with van der Waals surface area (Å²) in [7, 11) is -15.3. The summed E-state index contributed by atoms with van der Waals surface area (Å²) in [6.07, 6.45) is 0. The number of para-hydroxylation sites is 1. The van der Waals surface area contributed by atoms with Crippen LogP contribution in [0.4, 0.5) is 69.0 Å². The Morgan fingerprint density at radius 3 is 1.61 bits per heavy atom. The zero-order valence-electron chi connectivity index (χ0n) is 44.8. The van der Waals surface area contributed by atoms with Gasteiger partial charge in [-0.3, -0.25) is 0 Å². The molecule has 404 valence electrons. The predicted molar refractivity (Wildman–Crippen MR) is 267 cm³/mol. The fourth-order valence-corrected chi connectivity index (χ4v) is 8.93. The molecule has 37 heteroatoms. The minimum absolute atomic E-state index is 0. The van der Waals surface area contributed by atoms with E-state index in [1.54, 1.807) is 30.3 Å². The normalized spacial score (nSPS) is 11.4. The molecule has 0 saturated carbocycles. The average Bonchev–Trinajstić information content (AvgIpc) is 3.54. The Balaban J connectivity index is 0.00000370. The zero-order chi connectivity index (χ0) is 57.1. The minimum atomic E-state index is -5.63. The van der Waals surface area contributed by atoms with Crippen LogP contribution in [0.3, 0.4) is 0 Å². The molecule has 0 unspecified atom stereocenters. The van der Waals surface area contributed by atoms with Crippen LogP contribution in [0.2, 0.25) is 0 Å². The number of phenols is 3. The standard InChI is InChI=1S/C47H36N12O17S3.5Na/c1-22-14-33(36(76-2)21-32(22)57-56-28-18-31(44(65)66)41(61)38(19-28)79(73,74)75)58-59-40-37(78(70,71)72)16-23-15-29(77(67,68)69)20-34(39(23)42(40)62)50-47-52-45(48-24-6-4-3-5-7-24)51-46(53-47)49-25-8-10-26(11-9-25)54-55-27-12-13-35(60)30(17-27)43(63)64;;;;;/h3-21,60-62H,1-2H3,(H,63,64)(H,65,66)(H,67,68,69)(H,70,71,72)(H,73,74,75)(H3,48,49,50,51,52,53);;;;;/q;5*+1/p-5. The summed E-state index contributed by atoms with van der Waals surface area (Å²) in [6, 6.07) is 23.8. The molecule has 6 N–H and O–H groups in total. The SMILES string of the molecule is COc1cc(N=Nc2cc(C(=O)[O-])c(O)c(S(=O)(=O)[O-])c2)c(C)cc1N=Nc1c(S(=O)(=O)[O-])cc2cc(S(=O)(=O)[O-])cc(Nc3nc(Nc4ccccc4)nc(Nc4ccc(N=Nc5ccc(O)c(C(=O)[O-])c5)cc4)n3)c2c1O.[Na+].[Na+].[Na+].[Na+].[Na+]. The summed E-state index contributed by atoms with van der Waals surface area (Å²) in [5.74, 6) is -7.56. The summed E-state index contributed by atoms with van der Waals surface area (Å²) >= 11 is 0. The molecule has 1 heterocycles. The number of carboxylic acids is 2. The number of methoxy groups -OCH3 is 1. The van der Waals surface area contributed by atoms with Crippen molar-refractivity contribution in [3.8, 4) is 23.0 Å². The molecule has 0 aliphatic heterocycles. The molecule has 0 saturated heterocycles. The number of hydrogen-bond donors (Lipinski definition) is 6. The molecule has 7 aromatic carbocycles. The first-order valence-electron chi connectivity index (χ1n) is 21.8. The molecule has 0 radical (unpaired) electrons. The summed E-state index contributed by atoms with van der Waals surface area (Å²) in [6.45, 7) is 1.43. The maximum Gasteiger partial charge on any atom is 1.00 e. The minimum Gasteiger partial charge on any atom is -0.744 e. The van der Waals surface area contributed by atoms with Crippen molar-refractivity contribution in [1.29, 1.82) is 0 Å². The molecule has 0 atom stereocenters. The number of aryl methyl sites for hydroxylation is 1. The van der Waals surface area contributed by atoms with Crippen molar-refractivity contribution in [2.75, 3.05) is 23.1 Å². The number of aromatic nitrogens is 3. The van der Waals surface area contributed by atoms with Gasteiger partial charge in [0.2, 0.25) is 17.8 Å². The predicted octanol–water partition coefficient (Wildman–Crippen LogP) is -8.61. The first-order valence-corrected chi connectivity index (χ1v) is 26.0. The van der Waals surface area contributed by atoms with E-state index in [1.807, 2.05) is 0 Å². The summed E-state index contributed by atoms with van der Waals surface area (Å²) in [4.78, 5) is 32.5. The van der Waals surface area contributed by atoms with Crippen molar-refractivity contribution in [3.63, 3.8) is 0 Å². The van der Waals surface area contributed by atoms with Gasteiger partial charge < -0.3 is 69.5 Å². The summed E-state index contributed by atoms with van der Waals surface area (Å²) < 4.78 is 117. The number of carbonyl (C=O) groups is 2. The van der Waals surface area contributed by atoms with Crippen LogP contribution in [0.1, 0.15) is 26.3 Å². The summed E-state index contributed by atoms with van der Waals surface area (Å²) in [5.41, 5.74) is -2.42. The number of aromatic hydroxyl groups is 3. The summed E-state index contributed by atoms with van der Waals surface area (Å²) in [5, 5.41) is 86.0. The molecule has 0 aliphatic rings. The number of hydrogen-bond acceptors (Lipinski definition) is 29. The molecule has 0 spiro atoms. The second kappa shape index (κ2) is 30.5. The maximum absolute atomic E-state index is 12.8. The van der Waals surface area contributed by atoms with E-state index in [9.17, 15) is 74.0 Å². The molecule has 29 nitrogen and oxygen atoms in total. The van der Waals surface area contributed by atoms with E-state index in [-0.39, 0.29) is 188 Å². The Hall–Kier alpha value is -5.12. The van der Waals surface area contributed by atoms with Crippen LogP contribution >= 0.6 is 0 Å². The van der Waals surface area contributed by atoms with Crippen molar-refractivity contribution >= 4 is 122 Å². The van der Waals surface area contributed by atoms with Crippen LogP contribution in [-0.2, 0) is 30.4 Å². The van der Waals surface area contributed by atoms with Crippen molar-refractivity contribution in [2.45, 2.75) is 21.6 Å². The van der Waals surface area contributed by atoms with E-state index >= 15 is 0 Å². The van der Waals surface area contributed by atoms with Gasteiger partial charge in [-0.05, 0) is 109 Å². The molecular weight excluding hydrogens is 1220 g/mol. The maximum atomic E-state index is 12.8. The van der Waals surface area contributed by atoms with Crippen LogP contribution in [-0.4, -0.2) is 88.2 Å². The fourth-order valence-electron chi connectivity index (χ4n) is 7.13. The quantitative estimate of drug-likeness (QED) is 0.0264. The first-order chi connectivity index (χ1) is 37.2. The van der Waals surface area contributed by atoms with Gasteiger partial charge in [-0.25, -0.2) is 25.3 Å². The molecule has 0 amide bonds. The third-order valence-corrected chi connectivity index (χ3v) is 13.3. The number of azo groups is 3. The molecule has 1 aromatic heterocycles. The Kier molecular flexibility index (Phi) is 26.5. The van der Waals surface area contributed by atoms with Gasteiger partial charge >= 0.3 is 148 Å². The van der Waals surface area contributed by atoms with Gasteiger partial charge in [-0.1, -0.05) is 18.2 Å². The molecule has 8 aromatic rings. The number of phenolic OH excluding ortho intramolecular Hbond substituents is 1. The number of fused-ring (bicyclic) bond motifs is 1. The fraction of sp³-hybridized carbons (Fsp3) is 0.0426. The van der Waals surface area contributed by atoms with Gasteiger partial charge in [0.1, 0.15) is 59.0 Å². The van der Waals surface area contributed by atoms with E-state index < -0.39 is 119 Å². The molecule has 0 fully saturated rings. The van der Waals surface area contributed by atoms with Crippen LogP contribution in [0, 0.1) is 6.92 Å². The molecular formula is C47H31N12Na5O17S3. The van der Waals surface area contributed by atoms with Crippen LogP contribution in [0.15, 0.2) is 161 Å². The van der Waals surface area contributed by atoms with Crippen LogP contribution < -0.4 is 179 Å². The van der Waals surface area contributed by atoms with Gasteiger partial charge in [-0.15, -0.1) is 10.2 Å². The second-order valence-corrected chi connectivity index (χ2v) is 20.2. The number of benzene rings is 7. The molecule has 84 heavy (non-hydrogen) atoms. The number of rotatable bonds is 18. The number of nitrogens with one attached hydrogen (secondary N) is 3. The number of carboxylic acid groups (broad SMARTS) is 2. The first kappa shape index (κ1) is 73.1. The molecule has 8 rings (SSSR count). The van der Waals surface area contributed by atoms with Gasteiger partial charge in [-0.2, -0.15) is 35.4 Å². The Labute approximate surface area is 586 Å². The van der Waals surface area contributed by atoms with E-state index in [1.165, 1.54) is 49.4 Å². The number of ether oxygens (including phenoxy) is 1. The van der Waals surface area contributed by atoms with E-state index in [0.29, 0.717) is 41.3 Å². The third kappa shape index (κ3) is 18.0. The topological polar surface area (TPSA) is 471 Å². The van der Waals surface area contributed by atoms with Crippen molar-refractivity contribution in [2.24, 2.45) is 30.7 Å². The molecule has 0 bridgehead atoms. The number of aromatic carboxylic acids is 2. The van der Waals surface area contributed by atoms with Crippen LogP contribution in [0.25, 0.3) is 10.8 Å². The van der Waals surface area contributed by atoms with Gasteiger partial charge in [0.25, 0.3) is 0 Å². The Morgan fingerprint density at radius 2 is 1.05 bits per heavy atom. The smallest absolute Gasteiger partial charge is 0.744 e. The van der Waals surface area contributed by atoms with Gasteiger partial charge in [0, 0.05) is 34.0 Å². The number of nitrogens with zero attached hydrogens (tertiary/aromatic N) is 9. The zero-order valence-corrected chi connectivity index (χ0v) is 57.2. The Morgan fingerprint density at radius 1 is 0.524 bits per heavy atom. The van der Waals surface area contributed by atoms with E-state index in [0.717, 1.165) is 25.3 Å². The number of carbonyl (C=O) groups excluding carboxylic acids is 2. The van der Waals surface area contributed by atoms with E-state index in [4.69, 9.17) is 4.74 Å². The largest absolute Gasteiger partial charge is 1.00 e. The van der Waals surface area contributed by atoms with Crippen molar-refractivity contribution in [1.82, 2.24) is 15.0 Å². The van der Waals surface area contributed by atoms with Gasteiger partial charge in [0.15, 0.2) is 5.75 Å². The number of anilines is 6. The molecule has 0 aliphatic carbocycles. The van der Waals surface area contributed by atoms with Gasteiger partial charge in [0.05, 0.1) is 62.2 Å². The van der Waals surface area contributed by atoms with E-state index in [2.05, 4.69) is 61.6 Å². The van der Waals surface area contributed by atoms with Crippen LogP contribution in [0.5, 0.6) is 23.0 Å². The average molecular weight is 1250 g/mol. The second-order valence-electron chi connectivity index (χ2n) is 16.1. The third-order valence-electron chi connectivity index (χ3n) is 10.8. The van der Waals surface area contributed by atoms with Crippen molar-refractivity contribution in [3.05, 3.63) is 132 Å². The van der Waals surface area contributed by atoms with Crippen molar-refractivity contribution < 1.29 is 227 Å². The Bertz CT molecular complexity index is 4270.